The molecule has 1 aromatic heterocycles. The van der Waals surface area contributed by atoms with Crippen LogP contribution in [0, 0.1) is 0 Å². The van der Waals surface area contributed by atoms with E-state index < -0.39 is 5.97 Å². The van der Waals surface area contributed by atoms with Gasteiger partial charge in [-0.05, 0) is 18.4 Å². The average molecular weight is 290 g/mol. The number of aryl methyl sites for hydroxylation is 1. The van der Waals surface area contributed by atoms with E-state index in [9.17, 15) is 4.79 Å². The summed E-state index contributed by atoms with van der Waals surface area (Å²) in [6, 6.07) is 10.2. The highest BCUT2D eigenvalue weighted by molar-refractivity contribution is 7.17. The Hall–Kier alpha value is -1.88. The molecule has 1 N–H and O–H groups in total. The number of carboxylic acids is 1. The fourth-order valence-electron chi connectivity index (χ4n) is 1.95. The van der Waals surface area contributed by atoms with E-state index >= 15 is 0 Å². The van der Waals surface area contributed by atoms with E-state index in [0.29, 0.717) is 17.0 Å². The van der Waals surface area contributed by atoms with E-state index in [4.69, 9.17) is 5.11 Å². The standard InChI is InChI=1S/C15H18N2O2S/c1-3-12-13(14(18)19)20-15(16-12)17(2)10-9-11-7-5-4-6-8-11/h4-8H,3,9-10H2,1-2H3,(H,18,19). The summed E-state index contributed by atoms with van der Waals surface area (Å²) in [5.74, 6) is -0.887. The van der Waals surface area contributed by atoms with Gasteiger partial charge in [0.1, 0.15) is 4.88 Å². The number of hydrogen-bond donors (Lipinski definition) is 1. The molecule has 0 fully saturated rings. The van der Waals surface area contributed by atoms with Crippen LogP contribution in [-0.4, -0.2) is 29.7 Å². The predicted octanol–water partition coefficient (Wildman–Crippen LogP) is 3.08. The van der Waals surface area contributed by atoms with Gasteiger partial charge in [-0.25, -0.2) is 9.78 Å². The van der Waals surface area contributed by atoms with Crippen LogP contribution in [0.15, 0.2) is 30.3 Å². The van der Waals surface area contributed by atoms with E-state index in [1.165, 1.54) is 16.9 Å². The first-order valence-electron chi connectivity index (χ1n) is 6.60. The first kappa shape index (κ1) is 14.5. The molecular formula is C15H18N2O2S. The molecule has 0 aliphatic rings. The molecule has 0 aliphatic heterocycles. The lowest BCUT2D eigenvalue weighted by atomic mass is 10.1. The van der Waals surface area contributed by atoms with Crippen molar-refractivity contribution in [3.8, 4) is 0 Å². The first-order valence-corrected chi connectivity index (χ1v) is 7.41. The normalized spacial score (nSPS) is 10.5. The monoisotopic (exact) mass is 290 g/mol. The van der Waals surface area contributed by atoms with E-state index in [2.05, 4.69) is 17.1 Å². The van der Waals surface area contributed by atoms with Gasteiger partial charge >= 0.3 is 5.97 Å². The fraction of sp³-hybridized carbons (Fsp3) is 0.333. The molecule has 0 spiro atoms. The van der Waals surface area contributed by atoms with Crippen LogP contribution in [0.2, 0.25) is 0 Å². The summed E-state index contributed by atoms with van der Waals surface area (Å²) >= 11 is 1.25. The summed E-state index contributed by atoms with van der Waals surface area (Å²) in [7, 11) is 1.95. The van der Waals surface area contributed by atoms with Crippen molar-refractivity contribution in [3.63, 3.8) is 0 Å². The molecule has 0 saturated heterocycles. The maximum absolute atomic E-state index is 11.1. The highest BCUT2D eigenvalue weighted by Gasteiger charge is 2.17. The lowest BCUT2D eigenvalue weighted by Crippen LogP contribution is -2.20. The summed E-state index contributed by atoms with van der Waals surface area (Å²) in [5, 5.41) is 9.92. The molecule has 106 valence electrons. The number of thiazole rings is 1. The van der Waals surface area contributed by atoms with Crippen LogP contribution in [0.1, 0.15) is 27.9 Å². The number of hydrogen-bond acceptors (Lipinski definition) is 4. The van der Waals surface area contributed by atoms with Gasteiger partial charge in [0.15, 0.2) is 5.13 Å². The number of likely N-dealkylation sites (N-methyl/N-ethyl adjacent to an activating group) is 1. The van der Waals surface area contributed by atoms with E-state index in [1.807, 2.05) is 37.1 Å². The van der Waals surface area contributed by atoms with Crippen LogP contribution in [-0.2, 0) is 12.8 Å². The van der Waals surface area contributed by atoms with Crippen LogP contribution < -0.4 is 4.90 Å². The van der Waals surface area contributed by atoms with Crippen molar-refractivity contribution in [1.29, 1.82) is 0 Å². The molecule has 1 aromatic carbocycles. The van der Waals surface area contributed by atoms with Gasteiger partial charge in [0.2, 0.25) is 0 Å². The van der Waals surface area contributed by atoms with E-state index in [0.717, 1.165) is 18.1 Å². The predicted molar refractivity (Wildman–Crippen MR) is 81.9 cm³/mol. The van der Waals surface area contributed by atoms with Gasteiger partial charge in [0.25, 0.3) is 0 Å². The number of carboxylic acid groups (broad SMARTS) is 1. The van der Waals surface area contributed by atoms with E-state index in [-0.39, 0.29) is 0 Å². The molecule has 0 atom stereocenters. The smallest absolute Gasteiger partial charge is 0.347 e. The van der Waals surface area contributed by atoms with Gasteiger partial charge in [-0.15, -0.1) is 0 Å². The molecule has 0 radical (unpaired) electrons. The minimum atomic E-state index is -0.887. The Balaban J connectivity index is 2.05. The van der Waals surface area contributed by atoms with Crippen molar-refractivity contribution in [2.24, 2.45) is 0 Å². The molecule has 4 nitrogen and oxygen atoms in total. The third kappa shape index (κ3) is 3.36. The Kier molecular flexibility index (Phi) is 4.74. The zero-order valence-corrected chi connectivity index (χ0v) is 12.5. The Morgan fingerprint density at radius 2 is 2.05 bits per heavy atom. The quantitative estimate of drug-likeness (QED) is 0.888. The van der Waals surface area contributed by atoms with Crippen LogP contribution in [0.5, 0.6) is 0 Å². The minimum Gasteiger partial charge on any atom is -0.477 e. The van der Waals surface area contributed by atoms with Crippen LogP contribution in [0.25, 0.3) is 0 Å². The number of anilines is 1. The van der Waals surface area contributed by atoms with Gasteiger partial charge in [-0.3, -0.25) is 0 Å². The van der Waals surface area contributed by atoms with Crippen molar-refractivity contribution in [2.45, 2.75) is 19.8 Å². The summed E-state index contributed by atoms with van der Waals surface area (Å²) in [4.78, 5) is 17.9. The molecule has 0 bridgehead atoms. The number of benzene rings is 1. The zero-order valence-electron chi connectivity index (χ0n) is 11.7. The molecule has 0 amide bonds. The maximum Gasteiger partial charge on any atom is 0.347 e. The third-order valence-electron chi connectivity index (χ3n) is 3.12. The summed E-state index contributed by atoms with van der Waals surface area (Å²) in [6.45, 7) is 2.75. The Labute approximate surface area is 122 Å². The summed E-state index contributed by atoms with van der Waals surface area (Å²) < 4.78 is 0. The maximum atomic E-state index is 11.1. The number of nitrogens with zero attached hydrogens (tertiary/aromatic N) is 2. The Bertz CT molecular complexity index is 581. The minimum absolute atomic E-state index is 0.356. The van der Waals surface area contributed by atoms with Crippen molar-refractivity contribution >= 4 is 22.4 Å². The van der Waals surface area contributed by atoms with Crippen molar-refractivity contribution in [1.82, 2.24) is 4.98 Å². The highest BCUT2D eigenvalue weighted by Crippen LogP contribution is 2.26. The van der Waals surface area contributed by atoms with Crippen molar-refractivity contribution < 1.29 is 9.90 Å². The van der Waals surface area contributed by atoms with Gasteiger partial charge in [-0.2, -0.15) is 0 Å². The molecule has 2 rings (SSSR count). The molecule has 0 saturated carbocycles. The second-order valence-corrected chi connectivity index (χ2v) is 5.57. The topological polar surface area (TPSA) is 53.4 Å². The highest BCUT2D eigenvalue weighted by atomic mass is 32.1. The first-order chi connectivity index (χ1) is 9.61. The largest absolute Gasteiger partial charge is 0.477 e. The molecule has 0 unspecified atom stereocenters. The lowest BCUT2D eigenvalue weighted by molar-refractivity contribution is 0.0701. The summed E-state index contributed by atoms with van der Waals surface area (Å²) in [6.07, 6.45) is 1.56. The Morgan fingerprint density at radius 3 is 2.60 bits per heavy atom. The van der Waals surface area contributed by atoms with Gasteiger partial charge in [0.05, 0.1) is 5.69 Å². The van der Waals surface area contributed by atoms with Crippen molar-refractivity contribution in [2.75, 3.05) is 18.5 Å². The van der Waals surface area contributed by atoms with Crippen LogP contribution in [0.4, 0.5) is 5.13 Å². The van der Waals surface area contributed by atoms with Gasteiger partial charge in [-0.1, -0.05) is 48.6 Å². The van der Waals surface area contributed by atoms with Gasteiger partial charge in [0, 0.05) is 13.6 Å². The number of aromatic carboxylic acids is 1. The molecule has 2 aromatic rings. The van der Waals surface area contributed by atoms with Crippen LogP contribution in [0.3, 0.4) is 0 Å². The average Bonchev–Trinajstić information content (AvgIpc) is 2.90. The molecule has 1 heterocycles. The fourth-order valence-corrected chi connectivity index (χ4v) is 2.93. The van der Waals surface area contributed by atoms with Crippen LogP contribution >= 0.6 is 11.3 Å². The number of carbonyl (C=O) groups is 1. The summed E-state index contributed by atoms with van der Waals surface area (Å²) in [5.41, 5.74) is 1.94. The Morgan fingerprint density at radius 1 is 1.35 bits per heavy atom. The zero-order chi connectivity index (χ0) is 14.5. The third-order valence-corrected chi connectivity index (χ3v) is 4.32. The number of rotatable bonds is 6. The number of aromatic nitrogens is 1. The molecule has 5 heteroatoms. The van der Waals surface area contributed by atoms with Gasteiger partial charge < -0.3 is 10.0 Å². The SMILES string of the molecule is CCc1nc(N(C)CCc2ccccc2)sc1C(=O)O. The second kappa shape index (κ2) is 6.52. The molecule has 0 aliphatic carbocycles. The lowest BCUT2D eigenvalue weighted by Gasteiger charge is -2.15. The second-order valence-electron chi connectivity index (χ2n) is 4.59. The molecular weight excluding hydrogens is 272 g/mol. The van der Waals surface area contributed by atoms with Crippen molar-refractivity contribution in [3.05, 3.63) is 46.5 Å². The molecule has 20 heavy (non-hydrogen) atoms. The van der Waals surface area contributed by atoms with E-state index in [1.54, 1.807) is 0 Å².